The van der Waals surface area contributed by atoms with E-state index >= 15 is 0 Å². The average Bonchev–Trinajstić information content (AvgIpc) is 2.83. The SMILES string of the molecule is CCCNC1CC(C)CC(C)C1Sc1nncs1. The van der Waals surface area contributed by atoms with E-state index in [9.17, 15) is 0 Å². The number of thioether (sulfide) groups is 1. The molecule has 1 fully saturated rings. The molecule has 18 heavy (non-hydrogen) atoms. The van der Waals surface area contributed by atoms with E-state index in [1.807, 2.05) is 17.3 Å². The van der Waals surface area contributed by atoms with Gasteiger partial charge in [0, 0.05) is 11.3 Å². The van der Waals surface area contributed by atoms with Crippen molar-refractivity contribution in [2.75, 3.05) is 6.54 Å². The second-order valence-electron chi connectivity index (χ2n) is 5.40. The lowest BCUT2D eigenvalue weighted by Gasteiger charge is -2.39. The molecule has 1 N–H and O–H groups in total. The standard InChI is InChI=1S/C13H23N3S2/c1-4-5-14-11-7-9(2)6-10(3)12(11)18-13-16-15-8-17-13/h8-12,14H,4-7H2,1-3H3. The lowest BCUT2D eigenvalue weighted by Crippen LogP contribution is -2.46. The van der Waals surface area contributed by atoms with Gasteiger partial charge in [0.05, 0.1) is 0 Å². The van der Waals surface area contributed by atoms with Gasteiger partial charge < -0.3 is 5.32 Å². The maximum Gasteiger partial charge on any atom is 0.174 e. The summed E-state index contributed by atoms with van der Waals surface area (Å²) in [6, 6.07) is 0.623. The summed E-state index contributed by atoms with van der Waals surface area (Å²) in [4.78, 5) is 0. The molecule has 1 heterocycles. The third-order valence-corrected chi connectivity index (χ3v) is 6.03. The Morgan fingerprint density at radius 3 is 2.94 bits per heavy atom. The van der Waals surface area contributed by atoms with Gasteiger partial charge in [-0.1, -0.05) is 43.9 Å². The van der Waals surface area contributed by atoms with Crippen LogP contribution in [0.25, 0.3) is 0 Å². The molecule has 1 aromatic heterocycles. The van der Waals surface area contributed by atoms with E-state index < -0.39 is 0 Å². The first-order chi connectivity index (χ1) is 8.70. The van der Waals surface area contributed by atoms with Crippen molar-refractivity contribution in [3.8, 4) is 0 Å². The van der Waals surface area contributed by atoms with Gasteiger partial charge in [-0.3, -0.25) is 0 Å². The normalized spacial score (nSPS) is 32.6. The second kappa shape index (κ2) is 6.87. The van der Waals surface area contributed by atoms with E-state index in [1.54, 1.807) is 11.3 Å². The van der Waals surface area contributed by atoms with Crippen LogP contribution in [0.1, 0.15) is 40.0 Å². The van der Waals surface area contributed by atoms with Crippen molar-refractivity contribution in [1.29, 1.82) is 0 Å². The van der Waals surface area contributed by atoms with E-state index in [-0.39, 0.29) is 0 Å². The number of aromatic nitrogens is 2. The van der Waals surface area contributed by atoms with Gasteiger partial charge in [-0.05, 0) is 37.6 Å². The van der Waals surface area contributed by atoms with Gasteiger partial charge in [0.1, 0.15) is 5.51 Å². The van der Waals surface area contributed by atoms with Crippen molar-refractivity contribution in [1.82, 2.24) is 15.5 Å². The highest BCUT2D eigenvalue weighted by Gasteiger charge is 2.34. The fourth-order valence-corrected chi connectivity index (χ4v) is 4.89. The molecule has 1 aliphatic carbocycles. The van der Waals surface area contributed by atoms with Crippen molar-refractivity contribution in [2.24, 2.45) is 11.8 Å². The van der Waals surface area contributed by atoms with Gasteiger partial charge >= 0.3 is 0 Å². The molecule has 1 aliphatic rings. The summed E-state index contributed by atoms with van der Waals surface area (Å²) in [6.45, 7) is 8.12. The lowest BCUT2D eigenvalue weighted by molar-refractivity contribution is 0.249. The van der Waals surface area contributed by atoms with Crippen LogP contribution in [0.5, 0.6) is 0 Å². The van der Waals surface area contributed by atoms with Crippen LogP contribution in [-0.2, 0) is 0 Å². The van der Waals surface area contributed by atoms with E-state index in [0.717, 1.165) is 22.7 Å². The molecule has 0 saturated heterocycles. The third-order valence-electron chi connectivity index (χ3n) is 3.62. The Labute approximate surface area is 118 Å². The van der Waals surface area contributed by atoms with Crippen molar-refractivity contribution in [3.63, 3.8) is 0 Å². The van der Waals surface area contributed by atoms with Crippen LogP contribution in [0, 0.1) is 11.8 Å². The number of hydrogen-bond acceptors (Lipinski definition) is 5. The van der Waals surface area contributed by atoms with Crippen LogP contribution < -0.4 is 5.32 Å². The van der Waals surface area contributed by atoms with Crippen LogP contribution in [0.3, 0.4) is 0 Å². The predicted octanol–water partition coefficient (Wildman–Crippen LogP) is 3.43. The highest BCUT2D eigenvalue weighted by molar-refractivity contribution is 8.01. The van der Waals surface area contributed by atoms with Crippen LogP contribution >= 0.6 is 23.1 Å². The Kier molecular flexibility index (Phi) is 5.45. The first-order valence-electron chi connectivity index (χ1n) is 6.87. The second-order valence-corrected chi connectivity index (χ2v) is 7.66. The molecule has 4 unspecified atom stereocenters. The minimum Gasteiger partial charge on any atom is -0.313 e. The van der Waals surface area contributed by atoms with Crippen LogP contribution in [-0.4, -0.2) is 28.0 Å². The fourth-order valence-electron chi connectivity index (χ4n) is 2.89. The average molecular weight is 285 g/mol. The first-order valence-corrected chi connectivity index (χ1v) is 8.62. The zero-order valence-corrected chi connectivity index (χ0v) is 13.1. The zero-order valence-electron chi connectivity index (χ0n) is 11.4. The first kappa shape index (κ1) is 14.3. The molecule has 0 bridgehead atoms. The van der Waals surface area contributed by atoms with Crippen LogP contribution in [0.15, 0.2) is 9.85 Å². The quantitative estimate of drug-likeness (QED) is 0.899. The minimum absolute atomic E-state index is 0.623. The van der Waals surface area contributed by atoms with E-state index in [1.165, 1.54) is 19.3 Å². The van der Waals surface area contributed by atoms with Gasteiger partial charge in [0.2, 0.25) is 0 Å². The molecule has 1 aromatic rings. The lowest BCUT2D eigenvalue weighted by atomic mass is 9.80. The van der Waals surface area contributed by atoms with Crippen molar-refractivity contribution in [2.45, 2.75) is 55.7 Å². The smallest absolute Gasteiger partial charge is 0.174 e. The van der Waals surface area contributed by atoms with E-state index in [2.05, 4.69) is 36.3 Å². The molecule has 4 atom stereocenters. The molecule has 0 spiro atoms. The Balaban J connectivity index is 2.01. The topological polar surface area (TPSA) is 37.8 Å². The molecule has 5 heteroatoms. The predicted molar refractivity (Wildman–Crippen MR) is 79.2 cm³/mol. The zero-order chi connectivity index (χ0) is 13.0. The van der Waals surface area contributed by atoms with Crippen LogP contribution in [0.4, 0.5) is 0 Å². The van der Waals surface area contributed by atoms with Gasteiger partial charge in [-0.25, -0.2) is 0 Å². The van der Waals surface area contributed by atoms with Crippen molar-refractivity contribution < 1.29 is 0 Å². The van der Waals surface area contributed by atoms with E-state index in [0.29, 0.717) is 11.3 Å². The maximum absolute atomic E-state index is 4.18. The molecule has 0 aromatic carbocycles. The van der Waals surface area contributed by atoms with Gasteiger partial charge in [0.15, 0.2) is 4.34 Å². The highest BCUT2D eigenvalue weighted by Crippen LogP contribution is 2.39. The molecule has 0 amide bonds. The summed E-state index contributed by atoms with van der Waals surface area (Å²) in [5.74, 6) is 1.58. The molecule has 2 rings (SSSR count). The maximum atomic E-state index is 4.18. The molecule has 0 aliphatic heterocycles. The number of hydrogen-bond donors (Lipinski definition) is 1. The van der Waals surface area contributed by atoms with Crippen LogP contribution in [0.2, 0.25) is 0 Å². The van der Waals surface area contributed by atoms with Crippen molar-refractivity contribution in [3.05, 3.63) is 5.51 Å². The molecule has 3 nitrogen and oxygen atoms in total. The van der Waals surface area contributed by atoms with Gasteiger partial charge in [0.25, 0.3) is 0 Å². The van der Waals surface area contributed by atoms with Gasteiger partial charge in [-0.15, -0.1) is 10.2 Å². The summed E-state index contributed by atoms with van der Waals surface area (Å²) in [5, 5.41) is 12.5. The third kappa shape index (κ3) is 3.68. The molecule has 102 valence electrons. The molecular formula is C13H23N3S2. The monoisotopic (exact) mass is 285 g/mol. The largest absolute Gasteiger partial charge is 0.313 e. The number of nitrogens with one attached hydrogen (secondary N) is 1. The Morgan fingerprint density at radius 1 is 1.44 bits per heavy atom. The highest BCUT2D eigenvalue weighted by atomic mass is 32.2. The molecule has 0 radical (unpaired) electrons. The van der Waals surface area contributed by atoms with Crippen molar-refractivity contribution >= 4 is 23.1 Å². The minimum atomic E-state index is 0.623. The Hall–Kier alpha value is -0.130. The Morgan fingerprint density at radius 2 is 2.28 bits per heavy atom. The molecule has 1 saturated carbocycles. The molecular weight excluding hydrogens is 262 g/mol. The Bertz CT molecular complexity index is 342. The summed E-state index contributed by atoms with van der Waals surface area (Å²) in [7, 11) is 0. The number of nitrogens with zero attached hydrogens (tertiary/aromatic N) is 2. The summed E-state index contributed by atoms with van der Waals surface area (Å²) in [5.41, 5.74) is 1.83. The van der Waals surface area contributed by atoms with E-state index in [4.69, 9.17) is 0 Å². The summed E-state index contributed by atoms with van der Waals surface area (Å²) in [6.07, 6.45) is 3.83. The fraction of sp³-hybridized carbons (Fsp3) is 0.846. The number of rotatable bonds is 5. The summed E-state index contributed by atoms with van der Waals surface area (Å²) < 4.78 is 1.12. The summed E-state index contributed by atoms with van der Waals surface area (Å²) >= 11 is 3.58. The van der Waals surface area contributed by atoms with Gasteiger partial charge in [-0.2, -0.15) is 0 Å².